The Bertz CT molecular complexity index is 778. The molecule has 4 rings (SSSR count). The number of carbonyl (C=O) groups excluding carboxylic acids is 2. The first-order chi connectivity index (χ1) is 13.0. The third-order valence-corrected chi connectivity index (χ3v) is 6.49. The van der Waals surface area contributed by atoms with E-state index in [1.54, 1.807) is 17.0 Å². The molecule has 6 nitrogen and oxygen atoms in total. The first-order valence-corrected chi connectivity index (χ1v) is 9.85. The Morgan fingerprint density at radius 2 is 2.07 bits per heavy atom. The molecule has 3 aliphatic rings. The fourth-order valence-electron chi connectivity index (χ4n) is 4.80. The Hall–Kier alpha value is -2.55. The molecule has 2 atom stereocenters. The second-order valence-electron chi connectivity index (χ2n) is 8.39. The van der Waals surface area contributed by atoms with E-state index in [9.17, 15) is 9.59 Å². The first-order valence-electron chi connectivity index (χ1n) is 9.85. The van der Waals surface area contributed by atoms with Crippen molar-refractivity contribution in [3.8, 4) is 6.07 Å². The first kappa shape index (κ1) is 17.8. The van der Waals surface area contributed by atoms with Gasteiger partial charge in [0.2, 0.25) is 5.91 Å². The zero-order valence-electron chi connectivity index (χ0n) is 15.8. The maximum atomic E-state index is 12.7. The van der Waals surface area contributed by atoms with E-state index in [1.165, 1.54) is 19.3 Å². The third-order valence-electron chi connectivity index (χ3n) is 6.49. The highest BCUT2D eigenvalue weighted by atomic mass is 16.2. The summed E-state index contributed by atoms with van der Waals surface area (Å²) in [6.45, 7) is 4.10. The second kappa shape index (κ2) is 6.88. The van der Waals surface area contributed by atoms with Crippen LogP contribution in [0.1, 0.15) is 50.2 Å². The predicted molar refractivity (Wildman–Crippen MR) is 101 cm³/mol. The van der Waals surface area contributed by atoms with E-state index >= 15 is 0 Å². The summed E-state index contributed by atoms with van der Waals surface area (Å²) in [6.07, 6.45) is 5.45. The number of rotatable bonds is 3. The molecule has 1 spiro atoms. The van der Waals surface area contributed by atoms with Crippen LogP contribution in [0.2, 0.25) is 0 Å². The van der Waals surface area contributed by atoms with Gasteiger partial charge in [-0.2, -0.15) is 5.26 Å². The van der Waals surface area contributed by atoms with Crippen LogP contribution in [0, 0.1) is 16.7 Å². The van der Waals surface area contributed by atoms with Crippen molar-refractivity contribution in [3.05, 3.63) is 35.4 Å². The summed E-state index contributed by atoms with van der Waals surface area (Å²) in [6, 6.07) is 9.10. The highest BCUT2D eigenvalue weighted by Crippen LogP contribution is 2.50. The zero-order valence-corrected chi connectivity index (χ0v) is 15.8. The molecule has 1 N–H and O–H groups in total. The lowest BCUT2D eigenvalue weighted by molar-refractivity contribution is -0.129. The molecule has 3 amide bonds. The molecule has 0 aromatic heterocycles. The summed E-state index contributed by atoms with van der Waals surface area (Å²) in [7, 11) is 0. The molecule has 2 aliphatic heterocycles. The van der Waals surface area contributed by atoms with Gasteiger partial charge in [0.25, 0.3) is 0 Å². The summed E-state index contributed by atoms with van der Waals surface area (Å²) in [5, 5.41) is 11.8. The smallest absolute Gasteiger partial charge is 0.318 e. The monoisotopic (exact) mass is 366 g/mol. The lowest BCUT2D eigenvalue weighted by Gasteiger charge is -2.37. The number of carbonyl (C=O) groups is 2. The predicted octanol–water partition coefficient (Wildman–Crippen LogP) is 2.63. The van der Waals surface area contributed by atoms with Gasteiger partial charge in [-0.3, -0.25) is 4.79 Å². The van der Waals surface area contributed by atoms with Crippen molar-refractivity contribution in [3.63, 3.8) is 0 Å². The summed E-state index contributed by atoms with van der Waals surface area (Å²) in [5.41, 5.74) is 1.95. The molecule has 6 heteroatoms. The quantitative estimate of drug-likeness (QED) is 0.893. The van der Waals surface area contributed by atoms with E-state index in [-0.39, 0.29) is 18.0 Å². The fraction of sp³-hybridized carbons (Fsp3) is 0.571. The standard InChI is InChI=1S/C21H26N4O2/c1-15-11-21(8-2-9-21)14-25(15)20(27)23-18-7-10-24(19(18)26)13-17-5-3-16(12-22)4-6-17/h3-6,15,18H,2,7-11,13-14H2,1H3,(H,23,27)/t15-,18?/m0/s1. The molecule has 2 heterocycles. The topological polar surface area (TPSA) is 76.4 Å². The summed E-state index contributed by atoms with van der Waals surface area (Å²) >= 11 is 0. The van der Waals surface area contributed by atoms with Crippen molar-refractivity contribution < 1.29 is 9.59 Å². The normalized spacial score (nSPS) is 26.1. The Morgan fingerprint density at radius 1 is 1.33 bits per heavy atom. The van der Waals surface area contributed by atoms with Crippen LogP contribution in [-0.2, 0) is 11.3 Å². The Balaban J connectivity index is 1.33. The van der Waals surface area contributed by atoms with Gasteiger partial charge in [0.1, 0.15) is 6.04 Å². The van der Waals surface area contributed by atoms with Gasteiger partial charge in [0.05, 0.1) is 11.6 Å². The van der Waals surface area contributed by atoms with E-state index in [4.69, 9.17) is 5.26 Å². The van der Waals surface area contributed by atoms with E-state index < -0.39 is 6.04 Å². The second-order valence-corrected chi connectivity index (χ2v) is 8.39. The van der Waals surface area contributed by atoms with E-state index in [0.717, 1.165) is 18.5 Å². The van der Waals surface area contributed by atoms with Gasteiger partial charge in [-0.25, -0.2) is 4.79 Å². The van der Waals surface area contributed by atoms with Crippen LogP contribution in [0.5, 0.6) is 0 Å². The molecule has 1 unspecified atom stereocenters. The highest BCUT2D eigenvalue weighted by Gasteiger charge is 2.48. The van der Waals surface area contributed by atoms with Gasteiger partial charge >= 0.3 is 6.03 Å². The number of amides is 3. The van der Waals surface area contributed by atoms with Crippen molar-refractivity contribution >= 4 is 11.9 Å². The van der Waals surface area contributed by atoms with Gasteiger partial charge in [0, 0.05) is 25.7 Å². The molecule has 1 saturated carbocycles. The van der Waals surface area contributed by atoms with Crippen LogP contribution in [-0.4, -0.2) is 46.9 Å². The third kappa shape index (κ3) is 3.39. The molecular weight excluding hydrogens is 340 g/mol. The number of nitriles is 1. The maximum absolute atomic E-state index is 12.7. The van der Waals surface area contributed by atoms with Crippen molar-refractivity contribution in [2.24, 2.45) is 5.41 Å². The van der Waals surface area contributed by atoms with E-state index in [1.807, 2.05) is 17.0 Å². The summed E-state index contributed by atoms with van der Waals surface area (Å²) in [4.78, 5) is 29.1. The molecule has 3 fully saturated rings. The Labute approximate surface area is 160 Å². The number of nitrogens with zero attached hydrogens (tertiary/aromatic N) is 3. The Kier molecular flexibility index (Phi) is 4.55. The number of likely N-dealkylation sites (tertiary alicyclic amines) is 2. The van der Waals surface area contributed by atoms with Crippen LogP contribution >= 0.6 is 0 Å². The largest absolute Gasteiger partial charge is 0.336 e. The van der Waals surface area contributed by atoms with Gasteiger partial charge in [0.15, 0.2) is 0 Å². The minimum Gasteiger partial charge on any atom is -0.336 e. The molecule has 2 saturated heterocycles. The zero-order chi connectivity index (χ0) is 19.0. The molecule has 1 aromatic carbocycles. The SMILES string of the molecule is C[C@H]1CC2(CCC2)CN1C(=O)NC1CCN(Cc2ccc(C#N)cc2)C1=O. The van der Waals surface area contributed by atoms with E-state index in [0.29, 0.717) is 30.5 Å². The minimum atomic E-state index is -0.430. The highest BCUT2D eigenvalue weighted by molar-refractivity contribution is 5.88. The molecule has 1 aromatic rings. The number of urea groups is 1. The number of nitrogens with one attached hydrogen (secondary N) is 1. The molecule has 27 heavy (non-hydrogen) atoms. The number of hydrogen-bond acceptors (Lipinski definition) is 3. The van der Waals surface area contributed by atoms with Gasteiger partial charge < -0.3 is 15.1 Å². The van der Waals surface area contributed by atoms with E-state index in [2.05, 4.69) is 18.3 Å². The van der Waals surface area contributed by atoms with Gasteiger partial charge in [-0.05, 0) is 55.7 Å². The lowest BCUT2D eigenvalue weighted by Crippen LogP contribution is -2.49. The van der Waals surface area contributed by atoms with Crippen molar-refractivity contribution in [2.45, 2.75) is 57.7 Å². The summed E-state index contributed by atoms with van der Waals surface area (Å²) < 4.78 is 0. The van der Waals surface area contributed by atoms with Crippen LogP contribution in [0.4, 0.5) is 4.79 Å². The van der Waals surface area contributed by atoms with Gasteiger partial charge in [-0.1, -0.05) is 18.6 Å². The average molecular weight is 366 g/mol. The molecular formula is C21H26N4O2. The average Bonchev–Trinajstić information content (AvgIpc) is 3.17. The number of hydrogen-bond donors (Lipinski definition) is 1. The van der Waals surface area contributed by atoms with Crippen LogP contribution < -0.4 is 5.32 Å². The van der Waals surface area contributed by atoms with Crippen LogP contribution in [0.3, 0.4) is 0 Å². The van der Waals surface area contributed by atoms with Crippen LogP contribution in [0.15, 0.2) is 24.3 Å². The lowest BCUT2D eigenvalue weighted by atomic mass is 9.68. The molecule has 0 bridgehead atoms. The molecule has 0 radical (unpaired) electrons. The maximum Gasteiger partial charge on any atom is 0.318 e. The van der Waals surface area contributed by atoms with Gasteiger partial charge in [-0.15, -0.1) is 0 Å². The molecule has 142 valence electrons. The van der Waals surface area contributed by atoms with Crippen molar-refractivity contribution in [1.29, 1.82) is 5.26 Å². The molecule has 1 aliphatic carbocycles. The Morgan fingerprint density at radius 3 is 2.67 bits per heavy atom. The van der Waals surface area contributed by atoms with Crippen molar-refractivity contribution in [2.75, 3.05) is 13.1 Å². The van der Waals surface area contributed by atoms with Crippen LogP contribution in [0.25, 0.3) is 0 Å². The summed E-state index contributed by atoms with van der Waals surface area (Å²) in [5.74, 6) is -0.0158. The van der Waals surface area contributed by atoms with Crippen molar-refractivity contribution in [1.82, 2.24) is 15.1 Å². The number of benzene rings is 1. The fourth-order valence-corrected chi connectivity index (χ4v) is 4.80. The minimum absolute atomic E-state index is 0.0158.